The molecule has 0 radical (unpaired) electrons. The first-order chi connectivity index (χ1) is 9.64. The summed E-state index contributed by atoms with van der Waals surface area (Å²) in [7, 11) is 1.15. The smallest absolute Gasteiger partial charge is 0.412 e. The number of hydrogen-bond donors (Lipinski definition) is 2. The molecule has 0 saturated heterocycles. The Hall–Kier alpha value is -1.79. The summed E-state index contributed by atoms with van der Waals surface area (Å²) in [5, 5.41) is 12.7. The molecule has 0 bridgehead atoms. The second-order valence-electron chi connectivity index (χ2n) is 5.28. The van der Waals surface area contributed by atoms with Crippen molar-refractivity contribution in [1.29, 1.82) is 0 Å². The minimum Gasteiger partial charge on any atom is -0.467 e. The molecule has 0 aliphatic carbocycles. The number of methoxy groups -OCH3 is 1. The number of hydrogen-bond acceptors (Lipinski definition) is 5. The third-order valence-electron chi connectivity index (χ3n) is 2.37. The van der Waals surface area contributed by atoms with E-state index in [1.165, 1.54) is 18.2 Å². The van der Waals surface area contributed by atoms with Crippen molar-refractivity contribution in [1.82, 2.24) is 0 Å². The number of amides is 1. The van der Waals surface area contributed by atoms with Gasteiger partial charge in [0, 0.05) is 10.6 Å². The molecule has 116 valence electrons. The molecule has 0 aromatic heterocycles. The molecule has 0 aliphatic rings. The first-order valence-electron chi connectivity index (χ1n) is 6.19. The third-order valence-corrected chi connectivity index (χ3v) is 2.60. The van der Waals surface area contributed by atoms with Gasteiger partial charge in [-0.25, -0.2) is 9.59 Å². The predicted molar refractivity (Wildman–Crippen MR) is 78.3 cm³/mol. The highest BCUT2D eigenvalue weighted by Crippen LogP contribution is 2.28. The molecule has 0 fully saturated rings. The monoisotopic (exact) mass is 315 g/mol. The zero-order chi connectivity index (χ0) is 16.2. The average Bonchev–Trinajstić information content (AvgIpc) is 2.36. The molecule has 0 heterocycles. The van der Waals surface area contributed by atoms with Crippen LogP contribution in [-0.4, -0.2) is 29.9 Å². The number of rotatable bonds is 3. The standard InChI is InChI=1S/C14H18ClNO5/c1-14(2,3)21-13(19)16-10-6-5-8(15)7-9(10)11(17)12(18)20-4/h5-7,11,17H,1-4H3,(H,16,19). The largest absolute Gasteiger partial charge is 0.467 e. The Morgan fingerprint density at radius 1 is 1.33 bits per heavy atom. The van der Waals surface area contributed by atoms with Gasteiger partial charge in [0.25, 0.3) is 0 Å². The first kappa shape index (κ1) is 17.3. The SMILES string of the molecule is COC(=O)C(O)c1cc(Cl)ccc1NC(=O)OC(C)(C)C. The lowest BCUT2D eigenvalue weighted by Gasteiger charge is -2.21. The van der Waals surface area contributed by atoms with Crippen molar-refractivity contribution in [3.8, 4) is 0 Å². The molecular weight excluding hydrogens is 298 g/mol. The van der Waals surface area contributed by atoms with Gasteiger partial charge in [0.2, 0.25) is 0 Å². The molecule has 0 aliphatic heterocycles. The van der Waals surface area contributed by atoms with E-state index in [4.69, 9.17) is 16.3 Å². The summed E-state index contributed by atoms with van der Waals surface area (Å²) in [5.74, 6) is -0.857. The number of halogens is 1. The molecule has 21 heavy (non-hydrogen) atoms. The summed E-state index contributed by atoms with van der Waals surface area (Å²) >= 11 is 5.84. The molecule has 1 amide bonds. The lowest BCUT2D eigenvalue weighted by atomic mass is 10.1. The zero-order valence-corrected chi connectivity index (χ0v) is 13.0. The van der Waals surface area contributed by atoms with E-state index in [0.717, 1.165) is 7.11 Å². The molecule has 1 unspecified atom stereocenters. The molecule has 2 N–H and O–H groups in total. The predicted octanol–water partition coefficient (Wildman–Crippen LogP) is 2.89. The van der Waals surface area contributed by atoms with E-state index in [1.807, 2.05) is 0 Å². The van der Waals surface area contributed by atoms with E-state index < -0.39 is 23.8 Å². The van der Waals surface area contributed by atoms with E-state index in [-0.39, 0.29) is 11.3 Å². The third kappa shape index (κ3) is 5.24. The fraction of sp³-hybridized carbons (Fsp3) is 0.429. The normalized spacial score (nSPS) is 12.5. The van der Waals surface area contributed by atoms with E-state index >= 15 is 0 Å². The maximum absolute atomic E-state index is 11.8. The van der Waals surface area contributed by atoms with Crippen molar-refractivity contribution in [2.24, 2.45) is 0 Å². The summed E-state index contributed by atoms with van der Waals surface area (Å²) in [6, 6.07) is 4.35. The van der Waals surface area contributed by atoms with Crippen LogP contribution in [0, 0.1) is 0 Å². The first-order valence-corrected chi connectivity index (χ1v) is 6.57. The van der Waals surface area contributed by atoms with Gasteiger partial charge in [-0.15, -0.1) is 0 Å². The highest BCUT2D eigenvalue weighted by molar-refractivity contribution is 6.30. The van der Waals surface area contributed by atoms with Crippen LogP contribution in [0.4, 0.5) is 10.5 Å². The van der Waals surface area contributed by atoms with Gasteiger partial charge in [-0.05, 0) is 39.0 Å². The van der Waals surface area contributed by atoms with Crippen LogP contribution >= 0.6 is 11.6 Å². The fourth-order valence-corrected chi connectivity index (χ4v) is 1.71. The van der Waals surface area contributed by atoms with Gasteiger partial charge in [0.05, 0.1) is 12.8 Å². The molecule has 1 atom stereocenters. The Morgan fingerprint density at radius 2 is 1.95 bits per heavy atom. The van der Waals surface area contributed by atoms with Crippen molar-refractivity contribution < 1.29 is 24.2 Å². The second kappa shape index (κ2) is 6.78. The molecule has 7 heteroatoms. The Labute approximate surface area is 128 Å². The van der Waals surface area contributed by atoms with Gasteiger partial charge < -0.3 is 14.6 Å². The van der Waals surface area contributed by atoms with E-state index in [0.29, 0.717) is 5.02 Å². The average molecular weight is 316 g/mol. The lowest BCUT2D eigenvalue weighted by molar-refractivity contribution is -0.150. The number of aliphatic hydroxyl groups is 1. The number of esters is 1. The van der Waals surface area contributed by atoms with Gasteiger partial charge in [-0.3, -0.25) is 5.32 Å². The van der Waals surface area contributed by atoms with Crippen LogP contribution in [0.1, 0.15) is 32.4 Å². The fourth-order valence-electron chi connectivity index (χ4n) is 1.53. The van der Waals surface area contributed by atoms with Crippen molar-refractivity contribution >= 4 is 29.4 Å². The van der Waals surface area contributed by atoms with Crippen LogP contribution in [0.15, 0.2) is 18.2 Å². The molecule has 0 spiro atoms. The summed E-state index contributed by atoms with van der Waals surface area (Å²) in [6.45, 7) is 5.16. The van der Waals surface area contributed by atoms with E-state index in [2.05, 4.69) is 10.1 Å². The van der Waals surface area contributed by atoms with Crippen molar-refractivity contribution in [3.63, 3.8) is 0 Å². The molecule has 1 rings (SSSR count). The molecule has 0 saturated carbocycles. The Balaban J connectivity index is 3.02. The zero-order valence-electron chi connectivity index (χ0n) is 12.3. The molecule has 1 aromatic carbocycles. The summed E-state index contributed by atoms with van der Waals surface area (Å²) in [4.78, 5) is 23.2. The minimum absolute atomic E-state index is 0.125. The topological polar surface area (TPSA) is 84.9 Å². The van der Waals surface area contributed by atoms with Crippen LogP contribution in [0.25, 0.3) is 0 Å². The van der Waals surface area contributed by atoms with Crippen LogP contribution in [0.5, 0.6) is 0 Å². The van der Waals surface area contributed by atoms with Crippen LogP contribution in [0.3, 0.4) is 0 Å². The summed E-state index contributed by atoms with van der Waals surface area (Å²) in [5.41, 5.74) is -0.329. The maximum atomic E-state index is 11.8. The van der Waals surface area contributed by atoms with Crippen molar-refractivity contribution in [2.45, 2.75) is 32.5 Å². The van der Waals surface area contributed by atoms with E-state index in [1.54, 1.807) is 20.8 Å². The van der Waals surface area contributed by atoms with E-state index in [9.17, 15) is 14.7 Å². The Kier molecular flexibility index (Phi) is 5.57. The van der Waals surface area contributed by atoms with Crippen LogP contribution in [0.2, 0.25) is 5.02 Å². The number of carbonyl (C=O) groups excluding carboxylic acids is 2. The molecular formula is C14H18ClNO5. The van der Waals surface area contributed by atoms with Gasteiger partial charge in [0.1, 0.15) is 5.60 Å². The molecule has 1 aromatic rings. The molecule has 6 nitrogen and oxygen atoms in total. The van der Waals surface area contributed by atoms with Crippen molar-refractivity contribution in [2.75, 3.05) is 12.4 Å². The minimum atomic E-state index is -1.56. The van der Waals surface area contributed by atoms with Gasteiger partial charge in [0.15, 0.2) is 6.10 Å². The second-order valence-corrected chi connectivity index (χ2v) is 5.72. The summed E-state index contributed by atoms with van der Waals surface area (Å²) < 4.78 is 9.58. The van der Waals surface area contributed by atoms with Crippen LogP contribution < -0.4 is 5.32 Å². The highest BCUT2D eigenvalue weighted by atomic mass is 35.5. The van der Waals surface area contributed by atoms with Crippen LogP contribution in [-0.2, 0) is 14.3 Å². The van der Waals surface area contributed by atoms with Crippen molar-refractivity contribution in [3.05, 3.63) is 28.8 Å². The number of ether oxygens (including phenoxy) is 2. The quantitative estimate of drug-likeness (QED) is 0.838. The lowest BCUT2D eigenvalue weighted by Crippen LogP contribution is -2.28. The Morgan fingerprint density at radius 3 is 2.48 bits per heavy atom. The number of aliphatic hydroxyl groups excluding tert-OH is 1. The highest BCUT2D eigenvalue weighted by Gasteiger charge is 2.24. The summed E-state index contributed by atoms with van der Waals surface area (Å²) in [6.07, 6.45) is -2.26. The maximum Gasteiger partial charge on any atom is 0.412 e. The number of carbonyl (C=O) groups is 2. The Bertz CT molecular complexity index is 539. The van der Waals surface area contributed by atoms with Gasteiger partial charge in [-0.2, -0.15) is 0 Å². The van der Waals surface area contributed by atoms with Gasteiger partial charge in [-0.1, -0.05) is 11.6 Å². The van der Waals surface area contributed by atoms with Gasteiger partial charge >= 0.3 is 12.1 Å². The number of nitrogens with one attached hydrogen (secondary N) is 1. The number of anilines is 1. The number of benzene rings is 1.